The fourth-order valence-corrected chi connectivity index (χ4v) is 2.35. The summed E-state index contributed by atoms with van der Waals surface area (Å²) in [5.74, 6) is 0.695. The van der Waals surface area contributed by atoms with Crippen molar-refractivity contribution in [1.82, 2.24) is 0 Å². The normalized spacial score (nSPS) is 29.1. The Morgan fingerprint density at radius 2 is 2.00 bits per heavy atom. The molecule has 1 aliphatic rings. The molecule has 1 aliphatic carbocycles. The number of rotatable bonds is 4. The summed E-state index contributed by atoms with van der Waals surface area (Å²) in [7, 11) is 0. The van der Waals surface area contributed by atoms with Gasteiger partial charge in [0.2, 0.25) is 0 Å². The second-order valence-electron chi connectivity index (χ2n) is 5.39. The number of aliphatic hydroxyl groups is 2. The third-order valence-electron chi connectivity index (χ3n) is 3.16. The minimum Gasteiger partial charge on any atom is -0.393 e. The van der Waals surface area contributed by atoms with Crippen molar-refractivity contribution in [3.05, 3.63) is 0 Å². The number of hydrogen-bond acceptors (Lipinski definition) is 2. The van der Waals surface area contributed by atoms with Crippen molar-refractivity contribution in [2.24, 2.45) is 5.92 Å². The Balaban J connectivity index is 2.12. The van der Waals surface area contributed by atoms with E-state index in [0.717, 1.165) is 25.7 Å². The average Bonchev–Trinajstić information content (AvgIpc) is 2.01. The van der Waals surface area contributed by atoms with E-state index in [2.05, 4.69) is 0 Å². The van der Waals surface area contributed by atoms with Crippen LogP contribution in [-0.4, -0.2) is 21.9 Å². The lowest BCUT2D eigenvalue weighted by Crippen LogP contribution is -2.21. The molecule has 0 aliphatic heterocycles. The van der Waals surface area contributed by atoms with Gasteiger partial charge in [0.05, 0.1) is 11.7 Å². The molecular weight excluding hydrogens is 176 g/mol. The minimum atomic E-state index is -0.521. The first-order valence-electron chi connectivity index (χ1n) is 5.88. The van der Waals surface area contributed by atoms with Gasteiger partial charge in [-0.25, -0.2) is 0 Å². The van der Waals surface area contributed by atoms with Crippen LogP contribution in [-0.2, 0) is 0 Å². The molecule has 0 radical (unpaired) electrons. The SMILES string of the molecule is CC(C)(O)CCCC1CCCC(O)C1. The molecule has 0 heterocycles. The number of hydrogen-bond donors (Lipinski definition) is 2. The fraction of sp³-hybridized carbons (Fsp3) is 1.00. The van der Waals surface area contributed by atoms with E-state index in [-0.39, 0.29) is 6.10 Å². The highest BCUT2D eigenvalue weighted by Gasteiger charge is 2.20. The van der Waals surface area contributed by atoms with E-state index in [9.17, 15) is 10.2 Å². The van der Waals surface area contributed by atoms with Gasteiger partial charge in [0, 0.05) is 0 Å². The lowest BCUT2D eigenvalue weighted by atomic mass is 9.83. The smallest absolute Gasteiger partial charge is 0.0591 e. The molecular formula is C12H24O2. The highest BCUT2D eigenvalue weighted by atomic mass is 16.3. The van der Waals surface area contributed by atoms with Gasteiger partial charge in [0.25, 0.3) is 0 Å². The molecule has 1 fully saturated rings. The molecule has 0 saturated heterocycles. The molecule has 0 amide bonds. The van der Waals surface area contributed by atoms with Gasteiger partial charge in [-0.3, -0.25) is 0 Å². The second-order valence-corrected chi connectivity index (χ2v) is 5.39. The fourth-order valence-electron chi connectivity index (χ4n) is 2.35. The Hall–Kier alpha value is -0.0800. The summed E-state index contributed by atoms with van der Waals surface area (Å²) in [6.07, 6.45) is 7.48. The highest BCUT2D eigenvalue weighted by Crippen LogP contribution is 2.29. The van der Waals surface area contributed by atoms with E-state index < -0.39 is 5.60 Å². The Morgan fingerprint density at radius 1 is 1.29 bits per heavy atom. The standard InChI is InChI=1S/C12H24O2/c1-12(2,14)8-4-6-10-5-3-7-11(13)9-10/h10-11,13-14H,3-9H2,1-2H3. The van der Waals surface area contributed by atoms with E-state index in [0.29, 0.717) is 5.92 Å². The summed E-state index contributed by atoms with van der Waals surface area (Å²) < 4.78 is 0. The molecule has 0 bridgehead atoms. The van der Waals surface area contributed by atoms with E-state index in [4.69, 9.17) is 0 Å². The molecule has 2 nitrogen and oxygen atoms in total. The molecule has 0 aromatic carbocycles. The molecule has 0 aromatic rings. The van der Waals surface area contributed by atoms with Crippen molar-refractivity contribution < 1.29 is 10.2 Å². The second kappa shape index (κ2) is 5.13. The topological polar surface area (TPSA) is 40.5 Å². The van der Waals surface area contributed by atoms with Gasteiger partial charge in [0.15, 0.2) is 0 Å². The molecule has 1 saturated carbocycles. The molecule has 0 spiro atoms. The van der Waals surface area contributed by atoms with Crippen molar-refractivity contribution in [3.8, 4) is 0 Å². The first-order chi connectivity index (χ1) is 6.47. The lowest BCUT2D eigenvalue weighted by molar-refractivity contribution is 0.0615. The zero-order valence-corrected chi connectivity index (χ0v) is 9.50. The Labute approximate surface area is 87.3 Å². The molecule has 0 aromatic heterocycles. The van der Waals surface area contributed by atoms with Crippen LogP contribution >= 0.6 is 0 Å². The number of aliphatic hydroxyl groups excluding tert-OH is 1. The first-order valence-corrected chi connectivity index (χ1v) is 5.88. The van der Waals surface area contributed by atoms with E-state index in [1.807, 2.05) is 13.8 Å². The maximum absolute atomic E-state index is 9.55. The van der Waals surface area contributed by atoms with E-state index in [1.54, 1.807) is 0 Å². The van der Waals surface area contributed by atoms with Crippen LogP contribution in [0, 0.1) is 5.92 Å². The predicted molar refractivity (Wildman–Crippen MR) is 58.1 cm³/mol. The lowest BCUT2D eigenvalue weighted by Gasteiger charge is -2.26. The van der Waals surface area contributed by atoms with Crippen LogP contribution in [0.2, 0.25) is 0 Å². The third kappa shape index (κ3) is 4.97. The van der Waals surface area contributed by atoms with Gasteiger partial charge in [0.1, 0.15) is 0 Å². The third-order valence-corrected chi connectivity index (χ3v) is 3.16. The molecule has 2 heteroatoms. The minimum absolute atomic E-state index is 0.0594. The Kier molecular flexibility index (Phi) is 4.39. The van der Waals surface area contributed by atoms with Gasteiger partial charge in [-0.2, -0.15) is 0 Å². The summed E-state index contributed by atoms with van der Waals surface area (Å²) in [5, 5.41) is 19.0. The summed E-state index contributed by atoms with van der Waals surface area (Å²) in [6.45, 7) is 3.73. The zero-order valence-electron chi connectivity index (χ0n) is 9.50. The van der Waals surface area contributed by atoms with Crippen molar-refractivity contribution in [2.45, 2.75) is 70.5 Å². The molecule has 14 heavy (non-hydrogen) atoms. The van der Waals surface area contributed by atoms with Crippen molar-refractivity contribution >= 4 is 0 Å². The summed E-state index contributed by atoms with van der Waals surface area (Å²) >= 11 is 0. The molecule has 84 valence electrons. The maximum Gasteiger partial charge on any atom is 0.0591 e. The maximum atomic E-state index is 9.55. The van der Waals surface area contributed by atoms with Gasteiger partial charge >= 0.3 is 0 Å². The van der Waals surface area contributed by atoms with Gasteiger partial charge in [-0.05, 0) is 39.0 Å². The first kappa shape index (κ1) is 12.0. The van der Waals surface area contributed by atoms with Gasteiger partial charge in [-0.1, -0.05) is 25.7 Å². The van der Waals surface area contributed by atoms with Crippen molar-refractivity contribution in [3.63, 3.8) is 0 Å². The van der Waals surface area contributed by atoms with E-state index in [1.165, 1.54) is 19.3 Å². The van der Waals surface area contributed by atoms with Crippen LogP contribution in [0.15, 0.2) is 0 Å². The Morgan fingerprint density at radius 3 is 2.57 bits per heavy atom. The van der Waals surface area contributed by atoms with Crippen LogP contribution in [0.25, 0.3) is 0 Å². The average molecular weight is 200 g/mol. The van der Waals surface area contributed by atoms with Gasteiger partial charge < -0.3 is 10.2 Å². The molecule has 2 N–H and O–H groups in total. The largest absolute Gasteiger partial charge is 0.393 e. The predicted octanol–water partition coefficient (Wildman–Crippen LogP) is 2.48. The van der Waals surface area contributed by atoms with Crippen LogP contribution < -0.4 is 0 Å². The summed E-state index contributed by atoms with van der Waals surface area (Å²) in [5.41, 5.74) is -0.521. The summed E-state index contributed by atoms with van der Waals surface area (Å²) in [4.78, 5) is 0. The zero-order chi connectivity index (χ0) is 10.6. The molecule has 1 rings (SSSR count). The van der Waals surface area contributed by atoms with Crippen LogP contribution in [0.3, 0.4) is 0 Å². The Bertz CT molecular complexity index is 160. The van der Waals surface area contributed by atoms with Crippen LogP contribution in [0.1, 0.15) is 58.8 Å². The molecule has 2 unspecified atom stereocenters. The van der Waals surface area contributed by atoms with Crippen molar-refractivity contribution in [1.29, 1.82) is 0 Å². The van der Waals surface area contributed by atoms with Crippen LogP contribution in [0.4, 0.5) is 0 Å². The quantitative estimate of drug-likeness (QED) is 0.732. The highest BCUT2D eigenvalue weighted by molar-refractivity contribution is 4.73. The van der Waals surface area contributed by atoms with Gasteiger partial charge in [-0.15, -0.1) is 0 Å². The molecule has 2 atom stereocenters. The van der Waals surface area contributed by atoms with Crippen molar-refractivity contribution in [2.75, 3.05) is 0 Å². The monoisotopic (exact) mass is 200 g/mol. The summed E-state index contributed by atoms with van der Waals surface area (Å²) in [6, 6.07) is 0. The van der Waals surface area contributed by atoms with Crippen LogP contribution in [0.5, 0.6) is 0 Å². The van der Waals surface area contributed by atoms with E-state index >= 15 is 0 Å².